The lowest BCUT2D eigenvalue weighted by atomic mass is 10.2. The molecule has 0 saturated heterocycles. The van der Waals surface area contributed by atoms with E-state index >= 15 is 0 Å². The monoisotopic (exact) mass is 222 g/mol. The van der Waals surface area contributed by atoms with E-state index in [1.807, 2.05) is 12.4 Å². The number of nitrogens with zero attached hydrogens (tertiary/aromatic N) is 2. The third-order valence-electron chi connectivity index (χ3n) is 2.65. The lowest BCUT2D eigenvalue weighted by Crippen LogP contribution is -2.19. The van der Waals surface area contributed by atoms with Gasteiger partial charge < -0.3 is 10.0 Å². The normalized spacial score (nSPS) is 10.9. The fourth-order valence-corrected chi connectivity index (χ4v) is 1.73. The second-order valence-corrected chi connectivity index (χ2v) is 4.23. The van der Waals surface area contributed by atoms with Gasteiger partial charge in [0.2, 0.25) is 0 Å². The summed E-state index contributed by atoms with van der Waals surface area (Å²) in [5, 5.41) is 8.65. The minimum absolute atomic E-state index is 0.326. The minimum atomic E-state index is 0.326. The molecule has 0 aliphatic rings. The highest BCUT2D eigenvalue weighted by atomic mass is 16.2. The number of rotatable bonds is 8. The highest BCUT2D eigenvalue weighted by Crippen LogP contribution is 2.04. The molecule has 0 aliphatic carbocycles. The molecule has 0 radical (unpaired) electrons. The Bertz CT molecular complexity index is 264. The number of hydrogen-bond acceptors (Lipinski definition) is 3. The highest BCUT2D eigenvalue weighted by molar-refractivity contribution is 5.08. The van der Waals surface area contributed by atoms with Crippen LogP contribution in [-0.2, 0) is 6.54 Å². The number of aromatic nitrogens is 1. The van der Waals surface area contributed by atoms with E-state index < -0.39 is 0 Å². The Labute approximate surface area is 98.1 Å². The molecule has 1 rings (SSSR count). The van der Waals surface area contributed by atoms with Gasteiger partial charge in [0.1, 0.15) is 0 Å². The Morgan fingerprint density at radius 1 is 1.12 bits per heavy atom. The van der Waals surface area contributed by atoms with Crippen LogP contribution >= 0.6 is 0 Å². The second kappa shape index (κ2) is 8.25. The van der Waals surface area contributed by atoms with Gasteiger partial charge in [-0.05, 0) is 44.1 Å². The van der Waals surface area contributed by atoms with Crippen molar-refractivity contribution in [1.82, 2.24) is 9.88 Å². The quantitative estimate of drug-likeness (QED) is 0.684. The number of aliphatic hydroxyl groups excluding tert-OH is 1. The molecule has 0 aromatic carbocycles. The second-order valence-electron chi connectivity index (χ2n) is 4.23. The summed E-state index contributed by atoms with van der Waals surface area (Å²) in [5.74, 6) is 0. The zero-order valence-electron chi connectivity index (χ0n) is 10.1. The largest absolute Gasteiger partial charge is 0.396 e. The molecule has 0 saturated carbocycles. The molecule has 0 atom stereocenters. The molecule has 0 fully saturated rings. The van der Waals surface area contributed by atoms with Gasteiger partial charge >= 0.3 is 0 Å². The molecule has 3 heteroatoms. The SMILES string of the molecule is CN(CCCCCCO)Cc1ccncc1. The molecule has 1 aromatic heterocycles. The minimum Gasteiger partial charge on any atom is -0.396 e. The molecule has 0 unspecified atom stereocenters. The zero-order valence-corrected chi connectivity index (χ0v) is 10.1. The van der Waals surface area contributed by atoms with E-state index in [0.717, 1.165) is 25.9 Å². The van der Waals surface area contributed by atoms with Crippen LogP contribution in [0.5, 0.6) is 0 Å². The van der Waals surface area contributed by atoms with E-state index in [4.69, 9.17) is 5.11 Å². The predicted octanol–water partition coefficient (Wildman–Crippen LogP) is 2.07. The summed E-state index contributed by atoms with van der Waals surface area (Å²) >= 11 is 0. The highest BCUT2D eigenvalue weighted by Gasteiger charge is 1.99. The Kier molecular flexibility index (Phi) is 6.77. The standard InChI is InChI=1S/C13H22N2O/c1-15(10-4-2-3-5-11-16)12-13-6-8-14-9-7-13/h6-9,16H,2-5,10-12H2,1H3. The maximum atomic E-state index is 8.65. The fraction of sp³-hybridized carbons (Fsp3) is 0.615. The number of unbranched alkanes of at least 4 members (excludes halogenated alkanes) is 3. The fourth-order valence-electron chi connectivity index (χ4n) is 1.73. The van der Waals surface area contributed by atoms with E-state index in [0.29, 0.717) is 6.61 Å². The number of aliphatic hydroxyl groups is 1. The van der Waals surface area contributed by atoms with Gasteiger partial charge in [-0.15, -0.1) is 0 Å². The van der Waals surface area contributed by atoms with Crippen LogP contribution in [0.3, 0.4) is 0 Å². The average molecular weight is 222 g/mol. The maximum Gasteiger partial charge on any atom is 0.0431 e. The van der Waals surface area contributed by atoms with Crippen LogP contribution in [0, 0.1) is 0 Å². The van der Waals surface area contributed by atoms with Gasteiger partial charge in [-0.2, -0.15) is 0 Å². The maximum absolute atomic E-state index is 8.65. The van der Waals surface area contributed by atoms with Gasteiger partial charge in [-0.1, -0.05) is 12.8 Å². The van der Waals surface area contributed by atoms with Crippen molar-refractivity contribution in [2.45, 2.75) is 32.2 Å². The molecule has 0 bridgehead atoms. The van der Waals surface area contributed by atoms with Crippen molar-refractivity contribution in [2.75, 3.05) is 20.2 Å². The summed E-state index contributed by atoms with van der Waals surface area (Å²) in [6.45, 7) is 2.43. The summed E-state index contributed by atoms with van der Waals surface area (Å²) in [7, 11) is 2.15. The van der Waals surface area contributed by atoms with E-state index in [2.05, 4.69) is 29.1 Å². The zero-order chi connectivity index (χ0) is 11.6. The Morgan fingerprint density at radius 2 is 1.81 bits per heavy atom. The van der Waals surface area contributed by atoms with Gasteiger partial charge in [0.15, 0.2) is 0 Å². The molecular weight excluding hydrogens is 200 g/mol. The van der Waals surface area contributed by atoms with Crippen molar-refractivity contribution in [1.29, 1.82) is 0 Å². The first-order valence-electron chi connectivity index (χ1n) is 6.01. The van der Waals surface area contributed by atoms with E-state index in [9.17, 15) is 0 Å². The summed E-state index contributed by atoms with van der Waals surface area (Å²) < 4.78 is 0. The van der Waals surface area contributed by atoms with Crippen molar-refractivity contribution >= 4 is 0 Å². The smallest absolute Gasteiger partial charge is 0.0431 e. The third kappa shape index (κ3) is 5.83. The third-order valence-corrected chi connectivity index (χ3v) is 2.65. The average Bonchev–Trinajstić information content (AvgIpc) is 2.30. The summed E-state index contributed by atoms with van der Waals surface area (Å²) in [6, 6.07) is 4.12. The Morgan fingerprint density at radius 3 is 2.50 bits per heavy atom. The predicted molar refractivity (Wildman–Crippen MR) is 66.1 cm³/mol. The van der Waals surface area contributed by atoms with Crippen molar-refractivity contribution in [3.05, 3.63) is 30.1 Å². The van der Waals surface area contributed by atoms with Gasteiger partial charge in [0.25, 0.3) is 0 Å². The molecular formula is C13H22N2O. The van der Waals surface area contributed by atoms with Crippen LogP contribution in [0.25, 0.3) is 0 Å². The van der Waals surface area contributed by atoms with Crippen molar-refractivity contribution in [3.8, 4) is 0 Å². The first-order valence-corrected chi connectivity index (χ1v) is 6.01. The summed E-state index contributed by atoms with van der Waals surface area (Å²) in [6.07, 6.45) is 8.17. The van der Waals surface area contributed by atoms with Gasteiger partial charge in [0, 0.05) is 25.5 Å². The molecule has 0 amide bonds. The topological polar surface area (TPSA) is 36.4 Å². The van der Waals surface area contributed by atoms with E-state index in [-0.39, 0.29) is 0 Å². The van der Waals surface area contributed by atoms with Crippen LogP contribution in [0.2, 0.25) is 0 Å². The lowest BCUT2D eigenvalue weighted by Gasteiger charge is -2.16. The molecule has 90 valence electrons. The molecule has 0 aliphatic heterocycles. The van der Waals surface area contributed by atoms with Crippen LogP contribution in [0.1, 0.15) is 31.2 Å². The molecule has 3 nitrogen and oxygen atoms in total. The van der Waals surface area contributed by atoms with Crippen LogP contribution in [-0.4, -0.2) is 35.2 Å². The van der Waals surface area contributed by atoms with E-state index in [1.165, 1.54) is 18.4 Å². The van der Waals surface area contributed by atoms with Crippen LogP contribution in [0.15, 0.2) is 24.5 Å². The van der Waals surface area contributed by atoms with Gasteiger partial charge in [-0.25, -0.2) is 0 Å². The van der Waals surface area contributed by atoms with Crippen LogP contribution < -0.4 is 0 Å². The molecule has 1 N–H and O–H groups in total. The first kappa shape index (κ1) is 13.1. The molecule has 0 spiro atoms. The number of pyridine rings is 1. The Hall–Kier alpha value is -0.930. The first-order chi connectivity index (χ1) is 7.83. The van der Waals surface area contributed by atoms with Gasteiger partial charge in [0.05, 0.1) is 0 Å². The lowest BCUT2D eigenvalue weighted by molar-refractivity contribution is 0.277. The Balaban J connectivity index is 2.09. The van der Waals surface area contributed by atoms with Crippen molar-refractivity contribution in [2.24, 2.45) is 0 Å². The molecule has 1 aromatic rings. The summed E-state index contributed by atoms with van der Waals surface area (Å²) in [4.78, 5) is 6.33. The van der Waals surface area contributed by atoms with Crippen molar-refractivity contribution in [3.63, 3.8) is 0 Å². The molecule has 1 heterocycles. The van der Waals surface area contributed by atoms with Gasteiger partial charge in [-0.3, -0.25) is 4.98 Å². The summed E-state index contributed by atoms with van der Waals surface area (Å²) in [5.41, 5.74) is 1.31. The van der Waals surface area contributed by atoms with Crippen LogP contribution in [0.4, 0.5) is 0 Å². The van der Waals surface area contributed by atoms with E-state index in [1.54, 1.807) is 0 Å². The number of hydrogen-bond donors (Lipinski definition) is 1. The van der Waals surface area contributed by atoms with Crippen molar-refractivity contribution < 1.29 is 5.11 Å². The molecule has 16 heavy (non-hydrogen) atoms.